The highest BCUT2D eigenvalue weighted by Crippen LogP contribution is 2.32. The molecule has 0 spiro atoms. The van der Waals surface area contributed by atoms with Crippen LogP contribution in [0.2, 0.25) is 0 Å². The van der Waals surface area contributed by atoms with Crippen molar-refractivity contribution in [1.29, 1.82) is 0 Å². The van der Waals surface area contributed by atoms with Crippen molar-refractivity contribution in [1.82, 2.24) is 4.90 Å². The van der Waals surface area contributed by atoms with Gasteiger partial charge in [0.25, 0.3) is 5.91 Å². The second kappa shape index (κ2) is 7.68. The maximum Gasteiger partial charge on any atom is 0.328 e. The number of carbonyl (C=O) groups is 3. The molecule has 1 amide bonds. The quantitative estimate of drug-likeness (QED) is 0.636. The summed E-state index contributed by atoms with van der Waals surface area (Å²) in [6.07, 6.45) is 3.78. The molecule has 2 saturated heterocycles. The molecule has 1 aromatic carbocycles. The predicted molar refractivity (Wildman–Crippen MR) is 101 cm³/mol. The Kier molecular flexibility index (Phi) is 5.51. The Hall–Kier alpha value is -2.41. The van der Waals surface area contributed by atoms with Gasteiger partial charge in [-0.25, -0.2) is 4.79 Å². The molecular formula is C20H27N3O4. The van der Waals surface area contributed by atoms with Crippen LogP contribution in [0.25, 0.3) is 0 Å². The first-order valence-electron chi connectivity index (χ1n) is 9.38. The van der Waals surface area contributed by atoms with E-state index in [4.69, 9.17) is 10.5 Å². The first kappa shape index (κ1) is 19.4. The summed E-state index contributed by atoms with van der Waals surface area (Å²) >= 11 is 0. The third kappa shape index (κ3) is 3.83. The fourth-order valence-corrected chi connectivity index (χ4v) is 4.17. The van der Waals surface area contributed by atoms with Crippen LogP contribution in [0.15, 0.2) is 24.3 Å². The Morgan fingerprint density at radius 2 is 1.93 bits per heavy atom. The number of nitrogens with zero attached hydrogens (tertiary/aromatic N) is 2. The number of anilines is 1. The van der Waals surface area contributed by atoms with Gasteiger partial charge >= 0.3 is 5.97 Å². The lowest BCUT2D eigenvalue weighted by Crippen LogP contribution is -2.58. The van der Waals surface area contributed by atoms with Gasteiger partial charge in [-0.1, -0.05) is 0 Å². The van der Waals surface area contributed by atoms with Gasteiger partial charge in [0.05, 0.1) is 12.8 Å². The highest BCUT2D eigenvalue weighted by molar-refractivity contribution is 5.97. The molecule has 1 aromatic rings. The number of carbonyl (C=O) groups excluding carboxylic acids is 3. The Labute approximate surface area is 159 Å². The van der Waals surface area contributed by atoms with Gasteiger partial charge in [0.1, 0.15) is 12.3 Å². The monoisotopic (exact) mass is 373 g/mol. The number of aldehydes is 1. The molecule has 0 bridgehead atoms. The summed E-state index contributed by atoms with van der Waals surface area (Å²) < 4.78 is 4.81. The lowest BCUT2D eigenvalue weighted by Gasteiger charge is -2.45. The molecule has 2 unspecified atom stereocenters. The number of rotatable bonds is 4. The van der Waals surface area contributed by atoms with Gasteiger partial charge in [-0.15, -0.1) is 0 Å². The number of hydrogen-bond acceptors (Lipinski definition) is 6. The average molecular weight is 373 g/mol. The van der Waals surface area contributed by atoms with Gasteiger partial charge in [-0.3, -0.25) is 4.79 Å². The standard InChI is InChI=1S/C20H27N3O4/c1-20(21)12-14(13-24)9-11-23(20)16-7-5-15(6-8-16)18(25)22-10-3-4-17(22)19(26)27-2/h5-8,13-14,17H,3-4,9-12,21H2,1-2H3/t14?,17-,20?/m0/s1. The molecule has 2 aliphatic rings. The van der Waals surface area contributed by atoms with Gasteiger partial charge in [0.2, 0.25) is 0 Å². The minimum Gasteiger partial charge on any atom is -0.467 e. The van der Waals surface area contributed by atoms with Crippen molar-refractivity contribution in [2.24, 2.45) is 11.7 Å². The van der Waals surface area contributed by atoms with Crippen molar-refractivity contribution >= 4 is 23.9 Å². The van der Waals surface area contributed by atoms with E-state index in [-0.39, 0.29) is 17.8 Å². The van der Waals surface area contributed by atoms with E-state index in [0.717, 1.165) is 24.8 Å². The van der Waals surface area contributed by atoms with Crippen LogP contribution in [-0.4, -0.2) is 55.0 Å². The Balaban J connectivity index is 1.74. The van der Waals surface area contributed by atoms with Crippen LogP contribution in [-0.2, 0) is 14.3 Å². The van der Waals surface area contributed by atoms with Gasteiger partial charge < -0.3 is 25.1 Å². The van der Waals surface area contributed by atoms with Crippen LogP contribution < -0.4 is 10.6 Å². The zero-order valence-corrected chi connectivity index (χ0v) is 15.9. The summed E-state index contributed by atoms with van der Waals surface area (Å²) in [4.78, 5) is 39.4. The Morgan fingerprint density at radius 1 is 1.22 bits per heavy atom. The molecule has 2 heterocycles. The molecule has 3 rings (SSSR count). The van der Waals surface area contributed by atoms with Crippen molar-refractivity contribution < 1.29 is 19.1 Å². The first-order valence-corrected chi connectivity index (χ1v) is 9.38. The van der Waals surface area contributed by atoms with Crippen molar-refractivity contribution in [2.45, 2.75) is 44.3 Å². The number of benzene rings is 1. The molecule has 2 aliphatic heterocycles. The van der Waals surface area contributed by atoms with Crippen molar-refractivity contribution in [3.05, 3.63) is 29.8 Å². The Morgan fingerprint density at radius 3 is 2.52 bits per heavy atom. The number of likely N-dealkylation sites (tertiary alicyclic amines) is 1. The van der Waals surface area contributed by atoms with E-state index in [9.17, 15) is 14.4 Å². The van der Waals surface area contributed by atoms with Crippen LogP contribution in [0, 0.1) is 5.92 Å². The fraction of sp³-hybridized carbons (Fsp3) is 0.550. The number of nitrogens with two attached hydrogens (primary N) is 1. The maximum absolute atomic E-state index is 12.8. The molecular weight excluding hydrogens is 346 g/mol. The van der Waals surface area contributed by atoms with Crippen LogP contribution in [0.1, 0.15) is 43.0 Å². The van der Waals surface area contributed by atoms with Crippen molar-refractivity contribution in [3.8, 4) is 0 Å². The zero-order valence-electron chi connectivity index (χ0n) is 15.9. The number of amides is 1. The highest BCUT2D eigenvalue weighted by Gasteiger charge is 2.37. The van der Waals surface area contributed by atoms with E-state index in [0.29, 0.717) is 31.5 Å². The second-order valence-electron chi connectivity index (χ2n) is 7.62. The van der Waals surface area contributed by atoms with E-state index < -0.39 is 11.7 Å². The molecule has 0 saturated carbocycles. The summed E-state index contributed by atoms with van der Waals surface area (Å²) in [6.45, 7) is 3.17. The third-order valence-corrected chi connectivity index (χ3v) is 5.62. The minimum atomic E-state index is -0.611. The maximum atomic E-state index is 12.8. The first-order chi connectivity index (χ1) is 12.9. The predicted octanol–water partition coefficient (Wildman–Crippen LogP) is 1.55. The summed E-state index contributed by atoms with van der Waals surface area (Å²) in [5.74, 6) is -0.540. The summed E-state index contributed by atoms with van der Waals surface area (Å²) in [6, 6.07) is 6.79. The highest BCUT2D eigenvalue weighted by atomic mass is 16.5. The van der Waals surface area contributed by atoms with Crippen LogP contribution in [0.5, 0.6) is 0 Å². The van der Waals surface area contributed by atoms with Crippen LogP contribution in [0.3, 0.4) is 0 Å². The smallest absolute Gasteiger partial charge is 0.328 e. The van der Waals surface area contributed by atoms with E-state index >= 15 is 0 Å². The topological polar surface area (TPSA) is 92.9 Å². The van der Waals surface area contributed by atoms with Crippen molar-refractivity contribution in [3.63, 3.8) is 0 Å². The number of hydrogen-bond donors (Lipinski definition) is 1. The summed E-state index contributed by atoms with van der Waals surface area (Å²) in [5.41, 5.74) is 7.27. The number of piperidine rings is 1. The third-order valence-electron chi connectivity index (χ3n) is 5.62. The molecule has 27 heavy (non-hydrogen) atoms. The van der Waals surface area contributed by atoms with E-state index in [1.54, 1.807) is 17.0 Å². The number of ether oxygens (including phenoxy) is 1. The molecule has 7 heteroatoms. The van der Waals surface area contributed by atoms with Gasteiger partial charge in [0, 0.05) is 30.3 Å². The molecule has 2 N–H and O–H groups in total. The molecule has 7 nitrogen and oxygen atoms in total. The lowest BCUT2D eigenvalue weighted by molar-refractivity contribution is -0.145. The molecule has 0 aliphatic carbocycles. The number of esters is 1. The van der Waals surface area contributed by atoms with Crippen molar-refractivity contribution in [2.75, 3.05) is 25.1 Å². The van der Waals surface area contributed by atoms with E-state index in [1.165, 1.54) is 7.11 Å². The van der Waals surface area contributed by atoms with Gasteiger partial charge in [0.15, 0.2) is 0 Å². The van der Waals surface area contributed by atoms with Crippen LogP contribution >= 0.6 is 0 Å². The average Bonchev–Trinajstić information content (AvgIpc) is 3.16. The molecule has 146 valence electrons. The zero-order chi connectivity index (χ0) is 19.6. The fourth-order valence-electron chi connectivity index (χ4n) is 4.17. The van der Waals surface area contributed by atoms with E-state index in [2.05, 4.69) is 4.90 Å². The molecule has 2 fully saturated rings. The van der Waals surface area contributed by atoms with Gasteiger partial charge in [-0.05, 0) is 56.9 Å². The normalized spacial score (nSPS) is 28.1. The van der Waals surface area contributed by atoms with Gasteiger partial charge in [-0.2, -0.15) is 0 Å². The summed E-state index contributed by atoms with van der Waals surface area (Å²) in [7, 11) is 1.34. The largest absolute Gasteiger partial charge is 0.467 e. The minimum absolute atomic E-state index is 0.0116. The summed E-state index contributed by atoms with van der Waals surface area (Å²) in [5, 5.41) is 0. The SMILES string of the molecule is COC(=O)[C@@H]1CCCN1C(=O)c1ccc(N2CCC(C=O)CC2(C)N)cc1. The van der Waals surface area contributed by atoms with Crippen LogP contribution in [0.4, 0.5) is 5.69 Å². The molecule has 0 aromatic heterocycles. The molecule has 3 atom stereocenters. The van der Waals surface area contributed by atoms with E-state index in [1.807, 2.05) is 19.1 Å². The second-order valence-corrected chi connectivity index (χ2v) is 7.62. The molecule has 0 radical (unpaired) electrons. The Bertz CT molecular complexity index is 716. The number of methoxy groups -OCH3 is 1. The lowest BCUT2D eigenvalue weighted by atomic mass is 9.88.